The van der Waals surface area contributed by atoms with Crippen LogP contribution in [0.4, 0.5) is 4.39 Å². The van der Waals surface area contributed by atoms with Crippen molar-refractivity contribution in [3.05, 3.63) is 33.6 Å². The van der Waals surface area contributed by atoms with Crippen LogP contribution in [0.25, 0.3) is 0 Å². The zero-order valence-corrected chi connectivity index (χ0v) is 13.5. The smallest absolute Gasteiger partial charge is 0.142 e. The van der Waals surface area contributed by atoms with E-state index in [1.807, 2.05) is 6.92 Å². The van der Waals surface area contributed by atoms with Gasteiger partial charge in [-0.05, 0) is 44.0 Å². The molecule has 0 bridgehead atoms. The molecule has 0 aliphatic rings. The topological polar surface area (TPSA) is 21.3 Å². The van der Waals surface area contributed by atoms with Crippen LogP contribution < -0.4 is 5.32 Å². The summed E-state index contributed by atoms with van der Waals surface area (Å²) in [6, 6.07) is 2.81. The molecule has 2 nitrogen and oxygen atoms in total. The highest BCUT2D eigenvalue weighted by molar-refractivity contribution is 6.35. The molecule has 0 aliphatic heterocycles. The molecule has 0 aromatic heterocycles. The summed E-state index contributed by atoms with van der Waals surface area (Å²) < 4.78 is 18.9. The summed E-state index contributed by atoms with van der Waals surface area (Å²) in [6.07, 6.45) is 3.17. The number of unbranched alkanes of at least 4 members (excludes halogenated alkanes) is 1. The summed E-state index contributed by atoms with van der Waals surface area (Å²) in [6.45, 7) is 6.45. The van der Waals surface area contributed by atoms with Gasteiger partial charge in [-0.3, -0.25) is 0 Å². The SMILES string of the molecule is CCCCOCCCNC(C)c1cc(F)c(Cl)cc1Cl. The third-order valence-electron chi connectivity index (χ3n) is 3.06. The molecule has 0 saturated heterocycles. The van der Waals surface area contributed by atoms with Crippen LogP contribution in [0.15, 0.2) is 12.1 Å². The zero-order chi connectivity index (χ0) is 15.0. The second-order valence-electron chi connectivity index (χ2n) is 4.78. The summed E-state index contributed by atoms with van der Waals surface area (Å²) in [5.74, 6) is -0.442. The van der Waals surface area contributed by atoms with Crippen LogP contribution in [-0.4, -0.2) is 19.8 Å². The Bertz CT molecular complexity index is 415. The molecule has 1 atom stereocenters. The lowest BCUT2D eigenvalue weighted by Gasteiger charge is -2.16. The second-order valence-corrected chi connectivity index (χ2v) is 5.60. The summed E-state index contributed by atoms with van der Waals surface area (Å²) in [5.41, 5.74) is 0.723. The first-order chi connectivity index (χ1) is 9.56. The number of benzene rings is 1. The van der Waals surface area contributed by atoms with E-state index in [0.717, 1.165) is 44.6 Å². The van der Waals surface area contributed by atoms with Gasteiger partial charge in [-0.2, -0.15) is 0 Å². The van der Waals surface area contributed by atoms with E-state index in [0.29, 0.717) is 5.02 Å². The molecule has 114 valence electrons. The molecule has 0 radical (unpaired) electrons. The van der Waals surface area contributed by atoms with Gasteiger partial charge in [0, 0.05) is 24.3 Å². The molecule has 0 amide bonds. The van der Waals surface area contributed by atoms with Crippen LogP contribution in [0.5, 0.6) is 0 Å². The van der Waals surface area contributed by atoms with Crippen molar-refractivity contribution in [1.82, 2.24) is 5.32 Å². The van der Waals surface area contributed by atoms with Crippen molar-refractivity contribution in [2.24, 2.45) is 0 Å². The van der Waals surface area contributed by atoms with Crippen molar-refractivity contribution in [3.63, 3.8) is 0 Å². The van der Waals surface area contributed by atoms with E-state index < -0.39 is 5.82 Å². The Morgan fingerprint density at radius 1 is 1.20 bits per heavy atom. The number of rotatable bonds is 9. The minimum Gasteiger partial charge on any atom is -0.381 e. The van der Waals surface area contributed by atoms with Crippen molar-refractivity contribution < 1.29 is 9.13 Å². The first-order valence-corrected chi connectivity index (χ1v) is 7.77. The number of nitrogens with one attached hydrogen (secondary N) is 1. The molecule has 1 unspecified atom stereocenters. The van der Waals surface area contributed by atoms with E-state index >= 15 is 0 Å². The molecule has 0 aliphatic carbocycles. The van der Waals surface area contributed by atoms with Gasteiger partial charge in [0.1, 0.15) is 5.82 Å². The van der Waals surface area contributed by atoms with Gasteiger partial charge < -0.3 is 10.1 Å². The van der Waals surface area contributed by atoms with E-state index in [2.05, 4.69) is 12.2 Å². The van der Waals surface area contributed by atoms with Gasteiger partial charge in [-0.15, -0.1) is 0 Å². The summed E-state index contributed by atoms with van der Waals surface area (Å²) in [5, 5.41) is 3.84. The van der Waals surface area contributed by atoms with Crippen LogP contribution >= 0.6 is 23.2 Å². The van der Waals surface area contributed by atoms with Gasteiger partial charge in [0.15, 0.2) is 0 Å². The third-order valence-corrected chi connectivity index (χ3v) is 3.68. The lowest BCUT2D eigenvalue weighted by atomic mass is 10.1. The van der Waals surface area contributed by atoms with Crippen LogP contribution in [0.3, 0.4) is 0 Å². The average molecular weight is 322 g/mol. The molecule has 5 heteroatoms. The lowest BCUT2D eigenvalue weighted by Crippen LogP contribution is -2.21. The van der Waals surface area contributed by atoms with Gasteiger partial charge in [0.2, 0.25) is 0 Å². The minimum atomic E-state index is -0.442. The van der Waals surface area contributed by atoms with Crippen molar-refractivity contribution in [2.75, 3.05) is 19.8 Å². The highest BCUT2D eigenvalue weighted by Gasteiger charge is 2.12. The first-order valence-electron chi connectivity index (χ1n) is 7.01. The summed E-state index contributed by atoms with van der Waals surface area (Å²) >= 11 is 11.8. The van der Waals surface area contributed by atoms with Crippen molar-refractivity contribution in [3.8, 4) is 0 Å². The van der Waals surface area contributed by atoms with E-state index in [1.54, 1.807) is 0 Å². The normalized spacial score (nSPS) is 12.7. The maximum Gasteiger partial charge on any atom is 0.142 e. The van der Waals surface area contributed by atoms with E-state index in [4.69, 9.17) is 27.9 Å². The fourth-order valence-corrected chi connectivity index (χ4v) is 2.37. The van der Waals surface area contributed by atoms with Gasteiger partial charge in [0.05, 0.1) is 5.02 Å². The maximum atomic E-state index is 13.4. The standard InChI is InChI=1S/C15H22Cl2FNO/c1-3-4-7-20-8-5-6-19-11(2)12-9-15(18)14(17)10-13(12)16/h9-11,19H,3-8H2,1-2H3. The monoisotopic (exact) mass is 321 g/mol. The molecule has 1 rings (SSSR count). The highest BCUT2D eigenvalue weighted by atomic mass is 35.5. The summed E-state index contributed by atoms with van der Waals surface area (Å²) in [7, 11) is 0. The maximum absolute atomic E-state index is 13.4. The second kappa shape index (κ2) is 9.56. The molecule has 0 spiro atoms. The molecular formula is C15H22Cl2FNO. The Kier molecular flexibility index (Phi) is 8.46. The molecule has 1 aromatic rings. The molecule has 0 heterocycles. The summed E-state index contributed by atoms with van der Waals surface area (Å²) in [4.78, 5) is 0. The molecule has 20 heavy (non-hydrogen) atoms. The average Bonchev–Trinajstić information content (AvgIpc) is 2.41. The lowest BCUT2D eigenvalue weighted by molar-refractivity contribution is 0.128. The Balaban J connectivity index is 2.32. The number of hydrogen-bond acceptors (Lipinski definition) is 2. The number of hydrogen-bond donors (Lipinski definition) is 1. The highest BCUT2D eigenvalue weighted by Crippen LogP contribution is 2.28. The fraction of sp³-hybridized carbons (Fsp3) is 0.600. The van der Waals surface area contributed by atoms with Gasteiger partial charge in [-0.25, -0.2) is 4.39 Å². The van der Waals surface area contributed by atoms with Crippen LogP contribution in [-0.2, 0) is 4.74 Å². The molecule has 0 fully saturated rings. The number of ether oxygens (including phenoxy) is 1. The zero-order valence-electron chi connectivity index (χ0n) is 12.0. The van der Waals surface area contributed by atoms with Crippen LogP contribution in [0.1, 0.15) is 44.7 Å². The van der Waals surface area contributed by atoms with E-state index in [-0.39, 0.29) is 11.1 Å². The van der Waals surface area contributed by atoms with Crippen molar-refractivity contribution >= 4 is 23.2 Å². The molecule has 1 N–H and O–H groups in total. The fourth-order valence-electron chi connectivity index (χ4n) is 1.82. The number of halogens is 3. The van der Waals surface area contributed by atoms with Crippen molar-refractivity contribution in [2.45, 2.75) is 39.2 Å². The first kappa shape index (κ1) is 17.7. The Hall–Kier alpha value is -0.350. The van der Waals surface area contributed by atoms with Gasteiger partial charge in [-0.1, -0.05) is 36.5 Å². The van der Waals surface area contributed by atoms with Crippen LogP contribution in [0, 0.1) is 5.82 Å². The minimum absolute atomic E-state index is 0.0232. The quantitative estimate of drug-likeness (QED) is 0.511. The van der Waals surface area contributed by atoms with Gasteiger partial charge >= 0.3 is 0 Å². The Morgan fingerprint density at radius 2 is 1.90 bits per heavy atom. The Morgan fingerprint density at radius 3 is 2.60 bits per heavy atom. The van der Waals surface area contributed by atoms with E-state index in [1.165, 1.54) is 12.1 Å². The van der Waals surface area contributed by atoms with Crippen LogP contribution in [0.2, 0.25) is 10.0 Å². The largest absolute Gasteiger partial charge is 0.381 e. The molecule has 0 saturated carbocycles. The molecule has 1 aromatic carbocycles. The van der Waals surface area contributed by atoms with E-state index in [9.17, 15) is 4.39 Å². The van der Waals surface area contributed by atoms with Gasteiger partial charge in [0.25, 0.3) is 0 Å². The van der Waals surface area contributed by atoms with Crippen molar-refractivity contribution in [1.29, 1.82) is 0 Å². The Labute approximate surface area is 130 Å². The molecular weight excluding hydrogens is 300 g/mol. The predicted octanol–water partition coefficient (Wildman–Crippen LogP) is 4.99. The third kappa shape index (κ3) is 5.96. The predicted molar refractivity (Wildman–Crippen MR) is 83.2 cm³/mol.